The Kier molecular flexibility index (Phi) is 5.40. The molecule has 0 amide bonds. The van der Waals surface area contributed by atoms with Crippen molar-refractivity contribution in [2.45, 2.75) is 64.8 Å². The molecule has 1 aliphatic carbocycles. The fourth-order valence-electron chi connectivity index (χ4n) is 1.36. The zero-order valence-corrected chi connectivity index (χ0v) is 8.92. The molecule has 0 aromatic rings. The molecule has 0 bridgehead atoms. The van der Waals surface area contributed by atoms with Crippen LogP contribution in [0.3, 0.4) is 0 Å². The van der Waals surface area contributed by atoms with Crippen LogP contribution < -0.4 is 0 Å². The molecule has 0 aromatic carbocycles. The standard InChI is InChI=1S/C11H22O2/c1-3-5-6-7-11(12-4-2)13-10-8-9-10/h10-11H,3-9H2,1-2H3. The summed E-state index contributed by atoms with van der Waals surface area (Å²) in [5.74, 6) is 0. The number of hydrogen-bond donors (Lipinski definition) is 0. The minimum Gasteiger partial charge on any atom is -0.353 e. The summed E-state index contributed by atoms with van der Waals surface area (Å²) in [5, 5.41) is 0. The molecule has 0 spiro atoms. The van der Waals surface area contributed by atoms with Crippen molar-refractivity contribution in [3.05, 3.63) is 0 Å². The summed E-state index contributed by atoms with van der Waals surface area (Å²) in [7, 11) is 0. The zero-order valence-electron chi connectivity index (χ0n) is 8.92. The first-order chi connectivity index (χ1) is 6.36. The van der Waals surface area contributed by atoms with Crippen molar-refractivity contribution in [3.8, 4) is 0 Å². The highest BCUT2D eigenvalue weighted by Crippen LogP contribution is 2.26. The molecule has 1 unspecified atom stereocenters. The fourth-order valence-corrected chi connectivity index (χ4v) is 1.36. The van der Waals surface area contributed by atoms with Crippen LogP contribution >= 0.6 is 0 Å². The van der Waals surface area contributed by atoms with Crippen LogP contribution in [0.25, 0.3) is 0 Å². The van der Waals surface area contributed by atoms with Gasteiger partial charge in [-0.15, -0.1) is 0 Å². The molecular weight excluding hydrogens is 164 g/mol. The van der Waals surface area contributed by atoms with Gasteiger partial charge in [-0.25, -0.2) is 0 Å². The predicted octanol–water partition coefficient (Wildman–Crippen LogP) is 3.11. The van der Waals surface area contributed by atoms with Gasteiger partial charge >= 0.3 is 0 Å². The molecule has 1 fully saturated rings. The van der Waals surface area contributed by atoms with Crippen LogP contribution in [0.4, 0.5) is 0 Å². The summed E-state index contributed by atoms with van der Waals surface area (Å²) < 4.78 is 11.2. The van der Waals surface area contributed by atoms with Crippen molar-refractivity contribution >= 4 is 0 Å². The van der Waals surface area contributed by atoms with E-state index in [9.17, 15) is 0 Å². The number of ether oxygens (including phenoxy) is 2. The highest BCUT2D eigenvalue weighted by Gasteiger charge is 2.26. The van der Waals surface area contributed by atoms with Crippen LogP contribution in [0.5, 0.6) is 0 Å². The molecule has 1 aliphatic rings. The topological polar surface area (TPSA) is 18.5 Å². The van der Waals surface area contributed by atoms with Crippen molar-refractivity contribution in [3.63, 3.8) is 0 Å². The van der Waals surface area contributed by atoms with Gasteiger partial charge in [-0.3, -0.25) is 0 Å². The van der Waals surface area contributed by atoms with Crippen LogP contribution in [0.1, 0.15) is 52.4 Å². The second-order valence-electron chi connectivity index (χ2n) is 3.72. The molecule has 0 aliphatic heterocycles. The minimum atomic E-state index is 0.0732. The predicted molar refractivity (Wildman–Crippen MR) is 53.7 cm³/mol. The molecule has 0 radical (unpaired) electrons. The summed E-state index contributed by atoms with van der Waals surface area (Å²) in [5.41, 5.74) is 0. The van der Waals surface area contributed by atoms with Gasteiger partial charge < -0.3 is 9.47 Å². The summed E-state index contributed by atoms with van der Waals surface area (Å²) in [4.78, 5) is 0. The van der Waals surface area contributed by atoms with Gasteiger partial charge in [0.15, 0.2) is 6.29 Å². The van der Waals surface area contributed by atoms with E-state index in [0.29, 0.717) is 6.10 Å². The quantitative estimate of drug-likeness (QED) is 0.428. The van der Waals surface area contributed by atoms with Gasteiger partial charge in [0.1, 0.15) is 0 Å². The molecular formula is C11H22O2. The molecule has 0 heterocycles. The lowest BCUT2D eigenvalue weighted by Gasteiger charge is -2.17. The molecule has 2 nitrogen and oxygen atoms in total. The van der Waals surface area contributed by atoms with Gasteiger partial charge in [-0.05, 0) is 32.6 Å². The van der Waals surface area contributed by atoms with Crippen molar-refractivity contribution in [1.82, 2.24) is 0 Å². The summed E-state index contributed by atoms with van der Waals surface area (Å²) in [6.07, 6.45) is 7.91. The SMILES string of the molecule is CCCCCC(OCC)OC1CC1. The zero-order chi connectivity index (χ0) is 9.52. The third-order valence-electron chi connectivity index (χ3n) is 2.26. The van der Waals surface area contributed by atoms with Gasteiger partial charge in [-0.2, -0.15) is 0 Å². The van der Waals surface area contributed by atoms with Gasteiger partial charge in [-0.1, -0.05) is 19.8 Å². The van der Waals surface area contributed by atoms with Crippen LogP contribution in [-0.2, 0) is 9.47 Å². The van der Waals surface area contributed by atoms with E-state index in [2.05, 4.69) is 6.92 Å². The van der Waals surface area contributed by atoms with Gasteiger partial charge in [0, 0.05) is 6.61 Å². The third kappa shape index (κ3) is 5.27. The second kappa shape index (κ2) is 6.39. The average molecular weight is 186 g/mol. The molecule has 0 N–H and O–H groups in total. The number of rotatable bonds is 8. The lowest BCUT2D eigenvalue weighted by molar-refractivity contribution is -0.150. The maximum atomic E-state index is 5.73. The maximum absolute atomic E-state index is 5.73. The Morgan fingerprint density at radius 3 is 2.54 bits per heavy atom. The largest absolute Gasteiger partial charge is 0.353 e. The first-order valence-corrected chi connectivity index (χ1v) is 5.63. The van der Waals surface area contributed by atoms with Crippen LogP contribution in [0.2, 0.25) is 0 Å². The van der Waals surface area contributed by atoms with E-state index in [1.54, 1.807) is 0 Å². The smallest absolute Gasteiger partial charge is 0.157 e. The number of hydrogen-bond acceptors (Lipinski definition) is 2. The molecule has 1 saturated carbocycles. The van der Waals surface area contributed by atoms with Crippen molar-refractivity contribution < 1.29 is 9.47 Å². The maximum Gasteiger partial charge on any atom is 0.157 e. The Labute approximate surface area is 81.6 Å². The Morgan fingerprint density at radius 2 is 2.00 bits per heavy atom. The summed E-state index contributed by atoms with van der Waals surface area (Å²) in [6, 6.07) is 0. The Hall–Kier alpha value is -0.0800. The molecule has 1 atom stereocenters. The number of unbranched alkanes of at least 4 members (excludes halogenated alkanes) is 2. The van der Waals surface area contributed by atoms with E-state index >= 15 is 0 Å². The lowest BCUT2D eigenvalue weighted by atomic mass is 10.2. The molecule has 2 heteroatoms. The van der Waals surface area contributed by atoms with E-state index in [1.165, 1.54) is 32.1 Å². The third-order valence-corrected chi connectivity index (χ3v) is 2.26. The Morgan fingerprint density at radius 1 is 1.23 bits per heavy atom. The van der Waals surface area contributed by atoms with Gasteiger partial charge in [0.2, 0.25) is 0 Å². The highest BCUT2D eigenvalue weighted by atomic mass is 16.7. The Bertz CT molecular complexity index is 121. The lowest BCUT2D eigenvalue weighted by Crippen LogP contribution is -2.18. The highest BCUT2D eigenvalue weighted by molar-refractivity contribution is 4.73. The van der Waals surface area contributed by atoms with Crippen molar-refractivity contribution in [2.24, 2.45) is 0 Å². The monoisotopic (exact) mass is 186 g/mol. The molecule has 0 aromatic heterocycles. The second-order valence-corrected chi connectivity index (χ2v) is 3.72. The Balaban J connectivity index is 2.04. The molecule has 1 rings (SSSR count). The van der Waals surface area contributed by atoms with Crippen LogP contribution in [-0.4, -0.2) is 19.0 Å². The van der Waals surface area contributed by atoms with E-state index in [-0.39, 0.29) is 6.29 Å². The van der Waals surface area contributed by atoms with E-state index < -0.39 is 0 Å². The van der Waals surface area contributed by atoms with Gasteiger partial charge in [0.05, 0.1) is 6.10 Å². The van der Waals surface area contributed by atoms with E-state index in [4.69, 9.17) is 9.47 Å². The molecule has 0 saturated heterocycles. The van der Waals surface area contributed by atoms with E-state index in [1.807, 2.05) is 6.92 Å². The van der Waals surface area contributed by atoms with Gasteiger partial charge in [0.25, 0.3) is 0 Å². The molecule has 13 heavy (non-hydrogen) atoms. The minimum absolute atomic E-state index is 0.0732. The molecule has 78 valence electrons. The average Bonchev–Trinajstić information content (AvgIpc) is 2.89. The fraction of sp³-hybridized carbons (Fsp3) is 1.00. The van der Waals surface area contributed by atoms with Crippen molar-refractivity contribution in [2.75, 3.05) is 6.61 Å². The normalized spacial score (nSPS) is 18.9. The first kappa shape index (κ1) is 11.0. The van der Waals surface area contributed by atoms with Crippen LogP contribution in [0, 0.1) is 0 Å². The summed E-state index contributed by atoms with van der Waals surface area (Å²) in [6.45, 7) is 5.02. The van der Waals surface area contributed by atoms with Crippen LogP contribution in [0.15, 0.2) is 0 Å². The summed E-state index contributed by atoms with van der Waals surface area (Å²) >= 11 is 0. The first-order valence-electron chi connectivity index (χ1n) is 5.63. The van der Waals surface area contributed by atoms with E-state index in [0.717, 1.165) is 13.0 Å². The van der Waals surface area contributed by atoms with Crippen molar-refractivity contribution in [1.29, 1.82) is 0 Å².